The highest BCUT2D eigenvalue weighted by atomic mass is 16.5. The van der Waals surface area contributed by atoms with Crippen LogP contribution in [0.25, 0.3) is 10.9 Å². The fraction of sp³-hybridized carbons (Fsp3) is 0.471. The van der Waals surface area contributed by atoms with Crippen molar-refractivity contribution in [3.63, 3.8) is 0 Å². The molecule has 2 heterocycles. The van der Waals surface area contributed by atoms with Crippen LogP contribution in [-0.2, 0) is 11.2 Å². The second-order valence-corrected chi connectivity index (χ2v) is 6.11. The Morgan fingerprint density at radius 2 is 2.19 bits per heavy atom. The van der Waals surface area contributed by atoms with E-state index in [2.05, 4.69) is 30.5 Å². The number of methoxy groups -OCH3 is 1. The highest BCUT2D eigenvalue weighted by Gasteiger charge is 2.28. The summed E-state index contributed by atoms with van der Waals surface area (Å²) in [7, 11) is 1.68. The highest BCUT2D eigenvalue weighted by Crippen LogP contribution is 2.40. The number of rotatable bonds is 4. The summed E-state index contributed by atoms with van der Waals surface area (Å²) in [6.45, 7) is 4.32. The number of carboxylic acid groups (broad SMARTS) is 1. The Kier molecular flexibility index (Phi) is 3.40. The van der Waals surface area contributed by atoms with Crippen molar-refractivity contribution in [3.8, 4) is 5.75 Å². The van der Waals surface area contributed by atoms with Gasteiger partial charge in [0, 0.05) is 17.1 Å². The van der Waals surface area contributed by atoms with Gasteiger partial charge in [-0.1, -0.05) is 13.8 Å². The molecule has 0 spiro atoms. The van der Waals surface area contributed by atoms with Crippen molar-refractivity contribution in [1.29, 1.82) is 0 Å². The molecular formula is C17H21NO3. The van der Waals surface area contributed by atoms with Crippen LogP contribution in [0.4, 0.5) is 0 Å². The lowest BCUT2D eigenvalue weighted by Crippen LogP contribution is -2.10. The minimum absolute atomic E-state index is 0.0703. The molecule has 4 nitrogen and oxygen atoms in total. The van der Waals surface area contributed by atoms with E-state index in [1.807, 2.05) is 6.07 Å². The summed E-state index contributed by atoms with van der Waals surface area (Å²) in [4.78, 5) is 11.1. The largest absolute Gasteiger partial charge is 0.497 e. The number of hydrogen-bond donors (Lipinski definition) is 1. The maximum atomic E-state index is 11.1. The lowest BCUT2D eigenvalue weighted by molar-refractivity contribution is -0.137. The molecule has 1 atom stereocenters. The SMILES string of the molecule is COc1cc(C(C)C)c2c(c1)cc1n2C(CC(=O)O)CC1. The first kappa shape index (κ1) is 14.0. The molecule has 0 amide bonds. The Hall–Kier alpha value is -1.97. The van der Waals surface area contributed by atoms with Gasteiger partial charge in [-0.15, -0.1) is 0 Å². The van der Waals surface area contributed by atoms with Crippen LogP contribution in [0.1, 0.15) is 49.9 Å². The van der Waals surface area contributed by atoms with E-state index in [9.17, 15) is 4.79 Å². The number of aromatic nitrogens is 1. The average Bonchev–Trinajstić information content (AvgIpc) is 2.96. The Balaban J connectivity index is 2.22. The molecule has 112 valence electrons. The number of carboxylic acids is 1. The van der Waals surface area contributed by atoms with Gasteiger partial charge in [0.1, 0.15) is 5.75 Å². The summed E-state index contributed by atoms with van der Waals surface area (Å²) in [6.07, 6.45) is 2.06. The lowest BCUT2D eigenvalue weighted by Gasteiger charge is -2.17. The normalized spacial score (nSPS) is 17.4. The number of hydrogen-bond acceptors (Lipinski definition) is 2. The molecule has 1 unspecified atom stereocenters. The number of benzene rings is 1. The van der Waals surface area contributed by atoms with Gasteiger partial charge in [-0.3, -0.25) is 4.79 Å². The topological polar surface area (TPSA) is 51.5 Å². The molecule has 2 aromatic rings. The molecule has 1 aromatic heterocycles. The summed E-state index contributed by atoms with van der Waals surface area (Å²) in [6, 6.07) is 6.38. The third-order valence-electron chi connectivity index (χ3n) is 4.38. The summed E-state index contributed by atoms with van der Waals surface area (Å²) in [5.41, 5.74) is 3.66. The van der Waals surface area contributed by atoms with Gasteiger partial charge in [0.05, 0.1) is 19.0 Å². The van der Waals surface area contributed by atoms with E-state index in [4.69, 9.17) is 9.84 Å². The second kappa shape index (κ2) is 5.10. The molecule has 3 rings (SSSR count). The first-order valence-electron chi connectivity index (χ1n) is 7.44. The molecule has 1 N–H and O–H groups in total. The Bertz CT molecular complexity index is 700. The number of fused-ring (bicyclic) bond motifs is 3. The monoisotopic (exact) mass is 287 g/mol. The van der Waals surface area contributed by atoms with E-state index in [0.29, 0.717) is 5.92 Å². The average molecular weight is 287 g/mol. The van der Waals surface area contributed by atoms with Crippen molar-refractivity contribution in [2.24, 2.45) is 0 Å². The van der Waals surface area contributed by atoms with Crippen molar-refractivity contribution in [2.45, 2.75) is 45.1 Å². The van der Waals surface area contributed by atoms with Crippen molar-refractivity contribution in [2.75, 3.05) is 7.11 Å². The summed E-state index contributed by atoms with van der Waals surface area (Å²) >= 11 is 0. The van der Waals surface area contributed by atoms with Gasteiger partial charge < -0.3 is 14.4 Å². The summed E-state index contributed by atoms with van der Waals surface area (Å²) < 4.78 is 7.65. The van der Waals surface area contributed by atoms with E-state index < -0.39 is 5.97 Å². The number of nitrogens with zero attached hydrogens (tertiary/aromatic N) is 1. The van der Waals surface area contributed by atoms with Crippen LogP contribution < -0.4 is 4.74 Å². The number of aliphatic carboxylic acids is 1. The van der Waals surface area contributed by atoms with Crippen LogP contribution in [0.3, 0.4) is 0 Å². The minimum Gasteiger partial charge on any atom is -0.497 e. The van der Waals surface area contributed by atoms with Crippen LogP contribution in [-0.4, -0.2) is 22.8 Å². The number of carbonyl (C=O) groups is 1. The van der Waals surface area contributed by atoms with Crippen LogP contribution >= 0.6 is 0 Å². The zero-order chi connectivity index (χ0) is 15.1. The first-order chi connectivity index (χ1) is 10.0. The van der Waals surface area contributed by atoms with Crippen molar-refractivity contribution in [1.82, 2.24) is 4.57 Å². The fourth-order valence-electron chi connectivity index (χ4n) is 3.44. The quantitative estimate of drug-likeness (QED) is 0.932. The third kappa shape index (κ3) is 2.28. The molecule has 0 saturated carbocycles. The van der Waals surface area contributed by atoms with Gasteiger partial charge in [-0.05, 0) is 42.5 Å². The van der Waals surface area contributed by atoms with Gasteiger partial charge in [0.25, 0.3) is 0 Å². The maximum absolute atomic E-state index is 11.1. The second-order valence-electron chi connectivity index (χ2n) is 6.11. The van der Waals surface area contributed by atoms with Crippen LogP contribution in [0, 0.1) is 0 Å². The van der Waals surface area contributed by atoms with Gasteiger partial charge in [-0.25, -0.2) is 0 Å². The van der Waals surface area contributed by atoms with E-state index in [0.717, 1.165) is 24.0 Å². The molecule has 1 aromatic carbocycles. The number of ether oxygens (including phenoxy) is 1. The first-order valence-corrected chi connectivity index (χ1v) is 7.44. The number of aryl methyl sites for hydroxylation is 1. The van der Waals surface area contributed by atoms with Crippen molar-refractivity contribution in [3.05, 3.63) is 29.5 Å². The van der Waals surface area contributed by atoms with Crippen LogP contribution in [0.15, 0.2) is 18.2 Å². The molecule has 0 bridgehead atoms. The molecule has 0 radical (unpaired) electrons. The van der Waals surface area contributed by atoms with E-state index in [1.165, 1.54) is 16.8 Å². The highest BCUT2D eigenvalue weighted by molar-refractivity contribution is 5.87. The predicted molar refractivity (Wildman–Crippen MR) is 82.2 cm³/mol. The summed E-state index contributed by atoms with van der Waals surface area (Å²) in [5, 5.41) is 10.3. The molecule has 4 heteroatoms. The predicted octanol–water partition coefficient (Wildman–Crippen LogP) is 3.74. The Labute approximate surface area is 124 Å². The lowest BCUT2D eigenvalue weighted by atomic mass is 9.99. The standard InChI is InChI=1S/C17H21NO3/c1-10(2)15-9-14(21-3)7-11-6-12-4-5-13(8-16(19)20)18(12)17(11)15/h6-7,9-10,13H,4-5,8H2,1-3H3,(H,19,20). The smallest absolute Gasteiger partial charge is 0.305 e. The van der Waals surface area contributed by atoms with Gasteiger partial charge in [0.2, 0.25) is 0 Å². The zero-order valence-electron chi connectivity index (χ0n) is 12.7. The van der Waals surface area contributed by atoms with E-state index in [-0.39, 0.29) is 12.5 Å². The third-order valence-corrected chi connectivity index (χ3v) is 4.38. The minimum atomic E-state index is -0.727. The van der Waals surface area contributed by atoms with Crippen molar-refractivity contribution < 1.29 is 14.6 Å². The van der Waals surface area contributed by atoms with Crippen molar-refractivity contribution >= 4 is 16.9 Å². The van der Waals surface area contributed by atoms with Gasteiger partial charge in [-0.2, -0.15) is 0 Å². The summed E-state index contributed by atoms with van der Waals surface area (Å²) in [5.74, 6) is 0.507. The molecule has 0 fully saturated rings. The fourth-order valence-corrected chi connectivity index (χ4v) is 3.44. The Morgan fingerprint density at radius 3 is 2.81 bits per heavy atom. The van der Waals surface area contributed by atoms with E-state index in [1.54, 1.807) is 7.11 Å². The van der Waals surface area contributed by atoms with Gasteiger partial charge in [0.15, 0.2) is 0 Å². The molecule has 0 aliphatic carbocycles. The van der Waals surface area contributed by atoms with Crippen LogP contribution in [0.2, 0.25) is 0 Å². The molecule has 0 saturated heterocycles. The Morgan fingerprint density at radius 1 is 1.43 bits per heavy atom. The van der Waals surface area contributed by atoms with Gasteiger partial charge >= 0.3 is 5.97 Å². The molecule has 21 heavy (non-hydrogen) atoms. The molecule has 1 aliphatic heterocycles. The molecule has 1 aliphatic rings. The van der Waals surface area contributed by atoms with Crippen LogP contribution in [0.5, 0.6) is 5.75 Å². The van der Waals surface area contributed by atoms with E-state index >= 15 is 0 Å². The maximum Gasteiger partial charge on any atom is 0.305 e. The zero-order valence-corrected chi connectivity index (χ0v) is 12.7. The molecular weight excluding hydrogens is 266 g/mol.